The summed E-state index contributed by atoms with van der Waals surface area (Å²) in [7, 11) is -1.45. The van der Waals surface area contributed by atoms with Crippen molar-refractivity contribution in [2.75, 3.05) is 20.3 Å². The number of carbonyl (C=O) groups excluding carboxylic acids is 1. The molecule has 0 heterocycles. The van der Waals surface area contributed by atoms with Crippen LogP contribution >= 0.6 is 0 Å². The summed E-state index contributed by atoms with van der Waals surface area (Å²) in [6.45, 7) is 8.42. The Balaban J connectivity index is 3.06. The predicted octanol–water partition coefficient (Wildman–Crippen LogP) is 3.20. The molecule has 0 aliphatic heterocycles. The molecule has 0 N–H and O–H groups in total. The summed E-state index contributed by atoms with van der Waals surface area (Å²) in [4.78, 5) is 12.0. The first-order valence-corrected chi connectivity index (χ1v) is 9.78. The van der Waals surface area contributed by atoms with Gasteiger partial charge in [0.25, 0.3) is 0 Å². The van der Waals surface area contributed by atoms with Crippen LogP contribution in [0.25, 0.3) is 0 Å². The Morgan fingerprint density at radius 2 is 1.68 bits per heavy atom. The van der Waals surface area contributed by atoms with Crippen LogP contribution in [0.5, 0.6) is 0 Å². The van der Waals surface area contributed by atoms with Gasteiger partial charge in [-0.2, -0.15) is 0 Å². The summed E-state index contributed by atoms with van der Waals surface area (Å²) in [5.41, 5.74) is 0.901. The predicted molar refractivity (Wildman–Crippen MR) is 86.3 cm³/mol. The maximum Gasteiger partial charge on any atom is 0.498 e. The second kappa shape index (κ2) is 9.04. The fraction of sp³-hybridized carbons (Fsp3) is 0.562. The van der Waals surface area contributed by atoms with E-state index in [2.05, 4.69) is 0 Å². The molecule has 22 heavy (non-hydrogen) atoms. The van der Waals surface area contributed by atoms with Crippen LogP contribution < -0.4 is 0 Å². The van der Waals surface area contributed by atoms with Crippen molar-refractivity contribution in [2.45, 2.75) is 33.4 Å². The largest absolute Gasteiger partial charge is 0.498 e. The molecule has 6 heteroatoms. The van der Waals surface area contributed by atoms with Crippen LogP contribution in [0.4, 0.5) is 0 Å². The molecular weight excluding hydrogens is 300 g/mol. The quantitative estimate of drug-likeness (QED) is 0.515. The number of carbonyl (C=O) groups is 1. The third-order valence-electron chi connectivity index (χ3n) is 3.31. The fourth-order valence-corrected chi connectivity index (χ4v) is 4.35. The van der Waals surface area contributed by atoms with E-state index in [0.29, 0.717) is 13.2 Å². The highest BCUT2D eigenvalue weighted by Crippen LogP contribution is 2.31. The van der Waals surface area contributed by atoms with Crippen LogP contribution in [0.15, 0.2) is 30.3 Å². The molecule has 0 radical (unpaired) electrons. The molecule has 0 aromatic heterocycles. The van der Waals surface area contributed by atoms with Gasteiger partial charge in [0.2, 0.25) is 0 Å². The lowest BCUT2D eigenvalue weighted by Gasteiger charge is -2.32. The molecule has 1 rings (SSSR count). The highest BCUT2D eigenvalue weighted by atomic mass is 28.4. The Kier molecular flexibility index (Phi) is 7.74. The van der Waals surface area contributed by atoms with E-state index in [0.717, 1.165) is 5.56 Å². The Labute approximate surface area is 133 Å². The number of benzene rings is 1. The van der Waals surface area contributed by atoms with Gasteiger partial charge in [-0.1, -0.05) is 30.3 Å². The Hall–Kier alpha value is -1.21. The van der Waals surface area contributed by atoms with Crippen molar-refractivity contribution in [3.05, 3.63) is 35.9 Å². The summed E-state index contributed by atoms with van der Waals surface area (Å²) < 4.78 is 22.5. The van der Waals surface area contributed by atoms with Gasteiger partial charge in [-0.25, -0.2) is 0 Å². The van der Waals surface area contributed by atoms with E-state index in [1.54, 1.807) is 6.92 Å². The lowest BCUT2D eigenvalue weighted by Crippen LogP contribution is -2.45. The molecule has 0 saturated heterocycles. The van der Waals surface area contributed by atoms with E-state index in [1.807, 2.05) is 50.7 Å². The van der Waals surface area contributed by atoms with E-state index < -0.39 is 20.8 Å². The molecule has 1 aromatic rings. The number of hydrogen-bond acceptors (Lipinski definition) is 5. The van der Waals surface area contributed by atoms with Crippen molar-refractivity contribution in [1.82, 2.24) is 0 Å². The van der Waals surface area contributed by atoms with Gasteiger partial charge < -0.3 is 18.0 Å². The lowest BCUT2D eigenvalue weighted by molar-refractivity contribution is -0.149. The monoisotopic (exact) mass is 326 g/mol. The summed E-state index contributed by atoms with van der Waals surface area (Å²) >= 11 is 0. The first-order valence-electron chi connectivity index (χ1n) is 7.55. The van der Waals surface area contributed by atoms with Crippen molar-refractivity contribution in [1.29, 1.82) is 0 Å². The van der Waals surface area contributed by atoms with Crippen molar-refractivity contribution >= 4 is 14.8 Å². The zero-order valence-corrected chi connectivity index (χ0v) is 15.0. The maximum absolute atomic E-state index is 12.0. The van der Waals surface area contributed by atoms with Crippen molar-refractivity contribution in [3.8, 4) is 0 Å². The van der Waals surface area contributed by atoms with E-state index in [4.69, 9.17) is 18.0 Å². The summed E-state index contributed by atoms with van der Waals surface area (Å²) in [6, 6.07) is 9.60. The molecule has 0 aliphatic rings. The molecule has 5 nitrogen and oxygen atoms in total. The Morgan fingerprint density at radius 1 is 1.14 bits per heavy atom. The average Bonchev–Trinajstić information content (AvgIpc) is 2.52. The second-order valence-corrected chi connectivity index (χ2v) is 7.53. The van der Waals surface area contributed by atoms with Gasteiger partial charge in [0.15, 0.2) is 0 Å². The van der Waals surface area contributed by atoms with Crippen LogP contribution in [-0.2, 0) is 22.8 Å². The molecule has 124 valence electrons. The molecule has 0 unspecified atom stereocenters. The van der Waals surface area contributed by atoms with Gasteiger partial charge in [0.05, 0.1) is 19.1 Å². The molecule has 0 saturated carbocycles. The van der Waals surface area contributed by atoms with Crippen LogP contribution in [0.1, 0.15) is 32.4 Å². The number of esters is 1. The average molecular weight is 326 g/mol. The third kappa shape index (κ3) is 5.21. The van der Waals surface area contributed by atoms with E-state index in [-0.39, 0.29) is 5.97 Å². The molecule has 0 spiro atoms. The minimum Gasteiger partial charge on any atom is -0.469 e. The van der Waals surface area contributed by atoms with Crippen LogP contribution in [0, 0.1) is 5.92 Å². The van der Waals surface area contributed by atoms with Gasteiger partial charge in [-0.3, -0.25) is 4.79 Å². The Bertz CT molecular complexity index is 445. The van der Waals surface area contributed by atoms with Gasteiger partial charge in [-0.05, 0) is 26.3 Å². The fourth-order valence-electron chi connectivity index (χ4n) is 2.28. The van der Waals surface area contributed by atoms with E-state index in [9.17, 15) is 4.79 Å². The molecular formula is C16H26O5Si. The third-order valence-corrected chi connectivity index (χ3v) is 5.62. The molecule has 0 bridgehead atoms. The number of rotatable bonds is 9. The van der Waals surface area contributed by atoms with Crippen LogP contribution in [0.2, 0.25) is 6.55 Å². The minimum absolute atomic E-state index is 0.321. The van der Waals surface area contributed by atoms with E-state index in [1.165, 1.54) is 7.11 Å². The SMILES string of the molecule is CCO[Si](C)(OCC)O[C@H](c1ccccc1)[C@@H](C)C(=O)OC. The molecule has 0 fully saturated rings. The zero-order chi connectivity index (χ0) is 16.6. The van der Waals surface area contributed by atoms with Gasteiger partial charge in [0.1, 0.15) is 0 Å². The topological polar surface area (TPSA) is 54.0 Å². The van der Waals surface area contributed by atoms with Crippen molar-refractivity contribution in [3.63, 3.8) is 0 Å². The smallest absolute Gasteiger partial charge is 0.469 e. The lowest BCUT2D eigenvalue weighted by atomic mass is 9.98. The van der Waals surface area contributed by atoms with Gasteiger partial charge in [0, 0.05) is 19.8 Å². The number of hydrogen-bond donors (Lipinski definition) is 0. The molecule has 1 aromatic carbocycles. The molecule has 0 aliphatic carbocycles. The van der Waals surface area contributed by atoms with Gasteiger partial charge in [-0.15, -0.1) is 0 Å². The second-order valence-electron chi connectivity index (χ2n) is 4.99. The van der Waals surface area contributed by atoms with Crippen LogP contribution in [0.3, 0.4) is 0 Å². The number of ether oxygens (including phenoxy) is 1. The first kappa shape index (κ1) is 18.8. The summed E-state index contributed by atoms with van der Waals surface area (Å²) in [5.74, 6) is -0.779. The van der Waals surface area contributed by atoms with Crippen molar-refractivity contribution in [2.24, 2.45) is 5.92 Å². The first-order chi connectivity index (χ1) is 10.5. The van der Waals surface area contributed by atoms with Gasteiger partial charge >= 0.3 is 14.8 Å². The van der Waals surface area contributed by atoms with Crippen LogP contribution in [-0.4, -0.2) is 35.1 Å². The zero-order valence-electron chi connectivity index (χ0n) is 14.0. The molecule has 0 amide bonds. The Morgan fingerprint density at radius 3 is 2.14 bits per heavy atom. The minimum atomic E-state index is -2.82. The number of methoxy groups -OCH3 is 1. The summed E-state index contributed by atoms with van der Waals surface area (Å²) in [5, 5.41) is 0. The normalized spacial score (nSPS) is 14.4. The standard InChI is InChI=1S/C16H26O5Si/c1-6-19-22(5,20-7-2)21-15(13(3)16(17)18-4)14-11-9-8-10-12-14/h8-13,15H,6-7H2,1-5H3/t13-,15+/m1/s1. The highest BCUT2D eigenvalue weighted by Gasteiger charge is 2.41. The molecule has 2 atom stereocenters. The maximum atomic E-state index is 12.0. The van der Waals surface area contributed by atoms with E-state index >= 15 is 0 Å². The highest BCUT2D eigenvalue weighted by molar-refractivity contribution is 6.59. The van der Waals surface area contributed by atoms with Crippen molar-refractivity contribution < 1.29 is 22.8 Å². The summed E-state index contributed by atoms with van der Waals surface area (Å²) in [6.07, 6.45) is -0.469.